The molecular formula is C27H25Cl2N5OS. The second-order valence-electron chi connectivity index (χ2n) is 9.05. The zero-order valence-corrected chi connectivity index (χ0v) is 22.4. The second-order valence-corrected chi connectivity index (χ2v) is 10.8. The second kappa shape index (κ2) is 11.3. The molecule has 0 unspecified atom stereocenters. The molecule has 36 heavy (non-hydrogen) atoms. The van der Waals surface area contributed by atoms with Gasteiger partial charge in [0.2, 0.25) is 0 Å². The Balaban J connectivity index is 1.51. The molecule has 0 radical (unpaired) electrons. The van der Waals surface area contributed by atoms with Gasteiger partial charge in [0.15, 0.2) is 11.0 Å². The van der Waals surface area contributed by atoms with Crippen LogP contribution in [0.25, 0.3) is 17.1 Å². The summed E-state index contributed by atoms with van der Waals surface area (Å²) in [5.74, 6) is 0.541. The molecule has 1 amide bonds. The molecule has 0 saturated carbocycles. The van der Waals surface area contributed by atoms with E-state index in [1.807, 2.05) is 34.9 Å². The van der Waals surface area contributed by atoms with E-state index in [1.165, 1.54) is 23.5 Å². The number of halogens is 2. The molecule has 0 saturated heterocycles. The van der Waals surface area contributed by atoms with Gasteiger partial charge in [-0.3, -0.25) is 9.36 Å². The van der Waals surface area contributed by atoms with Crippen LogP contribution in [0.3, 0.4) is 0 Å². The van der Waals surface area contributed by atoms with Gasteiger partial charge in [-0.25, -0.2) is 5.43 Å². The maximum atomic E-state index is 12.4. The first kappa shape index (κ1) is 25.9. The minimum atomic E-state index is -0.278. The molecule has 0 aliphatic heterocycles. The molecule has 4 aromatic rings. The summed E-state index contributed by atoms with van der Waals surface area (Å²) < 4.78 is 1.96. The minimum Gasteiger partial charge on any atom is -0.272 e. The molecule has 184 valence electrons. The molecule has 6 nitrogen and oxygen atoms in total. The van der Waals surface area contributed by atoms with E-state index >= 15 is 0 Å². The number of para-hydroxylation sites is 1. The van der Waals surface area contributed by atoms with Gasteiger partial charge in [0.1, 0.15) is 0 Å². The summed E-state index contributed by atoms with van der Waals surface area (Å²) in [4.78, 5) is 12.4. The lowest BCUT2D eigenvalue weighted by Gasteiger charge is -2.19. The van der Waals surface area contributed by atoms with Crippen molar-refractivity contribution in [2.45, 2.75) is 31.3 Å². The Morgan fingerprint density at radius 3 is 2.42 bits per heavy atom. The molecule has 1 heterocycles. The largest absolute Gasteiger partial charge is 0.272 e. The van der Waals surface area contributed by atoms with Gasteiger partial charge < -0.3 is 0 Å². The highest BCUT2D eigenvalue weighted by atomic mass is 35.5. The van der Waals surface area contributed by atoms with Crippen molar-refractivity contribution < 1.29 is 4.79 Å². The monoisotopic (exact) mass is 537 g/mol. The van der Waals surface area contributed by atoms with E-state index in [-0.39, 0.29) is 17.1 Å². The van der Waals surface area contributed by atoms with Crippen molar-refractivity contribution in [1.29, 1.82) is 0 Å². The Morgan fingerprint density at radius 1 is 1.03 bits per heavy atom. The fourth-order valence-corrected chi connectivity index (χ4v) is 4.62. The van der Waals surface area contributed by atoms with Crippen LogP contribution >= 0.6 is 35.0 Å². The van der Waals surface area contributed by atoms with Crippen LogP contribution in [0.4, 0.5) is 0 Å². The summed E-state index contributed by atoms with van der Waals surface area (Å²) in [7, 11) is 0. The van der Waals surface area contributed by atoms with E-state index < -0.39 is 0 Å². The fourth-order valence-electron chi connectivity index (χ4n) is 3.42. The molecule has 0 atom stereocenters. The average molecular weight is 539 g/mol. The van der Waals surface area contributed by atoms with Gasteiger partial charge in [0.05, 0.1) is 17.0 Å². The van der Waals surface area contributed by atoms with Gasteiger partial charge in [0, 0.05) is 21.8 Å². The van der Waals surface area contributed by atoms with Gasteiger partial charge in [0.25, 0.3) is 5.91 Å². The number of carbonyl (C=O) groups is 1. The Kier molecular flexibility index (Phi) is 8.14. The van der Waals surface area contributed by atoms with E-state index in [1.54, 1.807) is 18.2 Å². The number of benzene rings is 3. The topological polar surface area (TPSA) is 72.2 Å². The minimum absolute atomic E-state index is 0.0569. The van der Waals surface area contributed by atoms with E-state index in [0.717, 1.165) is 11.3 Å². The van der Waals surface area contributed by atoms with E-state index in [9.17, 15) is 4.79 Å². The Bertz CT molecular complexity index is 1380. The number of hydrogen-bond acceptors (Lipinski definition) is 5. The Labute approximate surface area is 224 Å². The van der Waals surface area contributed by atoms with Crippen molar-refractivity contribution in [3.63, 3.8) is 0 Å². The smallest absolute Gasteiger partial charge is 0.250 e. The molecule has 9 heteroatoms. The highest BCUT2D eigenvalue weighted by molar-refractivity contribution is 7.99. The van der Waals surface area contributed by atoms with Crippen molar-refractivity contribution in [2.24, 2.45) is 5.10 Å². The lowest BCUT2D eigenvalue weighted by Crippen LogP contribution is -2.20. The van der Waals surface area contributed by atoms with Crippen LogP contribution in [-0.2, 0) is 10.2 Å². The summed E-state index contributed by atoms with van der Waals surface area (Å²) in [5, 5.41) is 14.4. The quantitative estimate of drug-likeness (QED) is 0.160. The number of thioether (sulfide) groups is 1. The van der Waals surface area contributed by atoms with Crippen LogP contribution < -0.4 is 5.43 Å². The van der Waals surface area contributed by atoms with E-state index in [2.05, 4.69) is 65.8 Å². The third-order valence-electron chi connectivity index (χ3n) is 5.34. The molecule has 0 aliphatic rings. The highest BCUT2D eigenvalue weighted by Gasteiger charge is 2.19. The van der Waals surface area contributed by atoms with Gasteiger partial charge in [-0.1, -0.05) is 104 Å². The number of rotatable bonds is 7. The summed E-state index contributed by atoms with van der Waals surface area (Å²) in [6.45, 7) is 6.55. The third kappa shape index (κ3) is 6.35. The maximum absolute atomic E-state index is 12.4. The summed E-state index contributed by atoms with van der Waals surface area (Å²) in [6, 6.07) is 23.2. The van der Waals surface area contributed by atoms with Crippen LogP contribution in [0.1, 0.15) is 31.9 Å². The molecule has 4 rings (SSSR count). The van der Waals surface area contributed by atoms with Gasteiger partial charge >= 0.3 is 0 Å². The van der Waals surface area contributed by atoms with Gasteiger partial charge in [-0.15, -0.1) is 10.2 Å². The molecule has 0 bridgehead atoms. The normalized spacial score (nSPS) is 11.7. The first-order valence-corrected chi connectivity index (χ1v) is 13.0. The zero-order valence-electron chi connectivity index (χ0n) is 20.1. The molecule has 3 aromatic carbocycles. The average Bonchev–Trinajstić information content (AvgIpc) is 3.28. The Morgan fingerprint density at radius 2 is 1.75 bits per heavy atom. The third-order valence-corrected chi connectivity index (χ3v) is 6.84. The van der Waals surface area contributed by atoms with Crippen LogP contribution in [0.2, 0.25) is 10.0 Å². The van der Waals surface area contributed by atoms with Crippen LogP contribution in [0, 0.1) is 0 Å². The first-order chi connectivity index (χ1) is 17.2. The lowest BCUT2D eigenvalue weighted by atomic mass is 9.87. The number of carbonyl (C=O) groups excluding carboxylic acids is 1. The fraction of sp³-hybridized carbons (Fsp3) is 0.185. The number of nitrogens with zero attached hydrogens (tertiary/aromatic N) is 4. The van der Waals surface area contributed by atoms with Crippen molar-refractivity contribution >= 4 is 47.1 Å². The molecular weight excluding hydrogens is 513 g/mol. The van der Waals surface area contributed by atoms with Crippen molar-refractivity contribution in [3.05, 3.63) is 94.0 Å². The number of hydrogen-bond donors (Lipinski definition) is 1. The predicted molar refractivity (Wildman–Crippen MR) is 148 cm³/mol. The standard InChI is InChI=1S/C27H25Cl2N5OS/c1-27(2,3)20-12-9-18(10-13-20)25-32-33-26(34(25)22-7-5-4-6-8-22)36-17-24(35)31-30-16-19-11-14-21(28)15-23(19)29/h4-16H,17H2,1-3H3,(H,31,35). The maximum Gasteiger partial charge on any atom is 0.250 e. The van der Waals surface area contributed by atoms with Crippen molar-refractivity contribution in [3.8, 4) is 17.1 Å². The number of aromatic nitrogens is 3. The summed E-state index contributed by atoms with van der Waals surface area (Å²) in [6.07, 6.45) is 1.48. The first-order valence-electron chi connectivity index (χ1n) is 11.2. The van der Waals surface area contributed by atoms with Crippen molar-refractivity contribution in [1.82, 2.24) is 20.2 Å². The lowest BCUT2D eigenvalue weighted by molar-refractivity contribution is -0.118. The van der Waals surface area contributed by atoms with Gasteiger partial charge in [-0.05, 0) is 35.2 Å². The Hall–Kier alpha value is -3.13. The van der Waals surface area contributed by atoms with Crippen molar-refractivity contribution in [2.75, 3.05) is 5.75 Å². The van der Waals surface area contributed by atoms with Crippen LogP contribution in [0.5, 0.6) is 0 Å². The zero-order chi connectivity index (χ0) is 25.7. The number of nitrogens with one attached hydrogen (secondary N) is 1. The summed E-state index contributed by atoms with van der Waals surface area (Å²) in [5.41, 5.74) is 6.33. The highest BCUT2D eigenvalue weighted by Crippen LogP contribution is 2.30. The summed E-state index contributed by atoms with van der Waals surface area (Å²) >= 11 is 13.3. The SMILES string of the molecule is CC(C)(C)c1ccc(-c2nnc(SCC(=O)NN=Cc3ccc(Cl)cc3Cl)n2-c2ccccc2)cc1. The molecule has 0 fully saturated rings. The molecule has 1 N–H and O–H groups in total. The number of amides is 1. The van der Waals surface area contributed by atoms with E-state index in [0.29, 0.717) is 26.6 Å². The molecule has 0 aliphatic carbocycles. The number of hydrazone groups is 1. The van der Waals surface area contributed by atoms with Crippen LogP contribution in [-0.4, -0.2) is 32.6 Å². The van der Waals surface area contributed by atoms with E-state index in [4.69, 9.17) is 23.2 Å². The van der Waals surface area contributed by atoms with Gasteiger partial charge in [-0.2, -0.15) is 5.10 Å². The predicted octanol–water partition coefficient (Wildman–Crippen LogP) is 6.78. The molecule has 1 aromatic heterocycles. The van der Waals surface area contributed by atoms with Crippen LogP contribution in [0.15, 0.2) is 83.1 Å². The molecule has 0 spiro atoms.